The molecule has 1 aromatic heterocycles. The largest absolute Gasteiger partial charge is 0.465 e. The summed E-state index contributed by atoms with van der Waals surface area (Å²) in [5.41, 5.74) is 0.915. The number of nitrogens with zero attached hydrogens (tertiary/aromatic N) is 3. The minimum atomic E-state index is -0.996. The topological polar surface area (TPSA) is 118 Å². The summed E-state index contributed by atoms with van der Waals surface area (Å²) in [4.78, 5) is 31.5. The van der Waals surface area contributed by atoms with Crippen LogP contribution < -0.4 is 10.6 Å². The highest BCUT2D eigenvalue weighted by atomic mass is 16.5. The van der Waals surface area contributed by atoms with Crippen LogP contribution >= 0.6 is 0 Å². The number of morpholine rings is 1. The molecule has 0 spiro atoms. The van der Waals surface area contributed by atoms with Gasteiger partial charge in [0.1, 0.15) is 11.9 Å². The minimum Gasteiger partial charge on any atom is -0.465 e. The Morgan fingerprint density at radius 2 is 2.06 bits per heavy atom. The molecule has 1 aromatic rings. The maximum absolute atomic E-state index is 13.6. The van der Waals surface area contributed by atoms with Gasteiger partial charge < -0.3 is 34.7 Å². The maximum atomic E-state index is 13.6. The van der Waals surface area contributed by atoms with Gasteiger partial charge in [-0.05, 0) is 39.0 Å². The summed E-state index contributed by atoms with van der Waals surface area (Å²) in [7, 11) is 1.67. The molecule has 4 rings (SSSR count). The highest BCUT2D eigenvalue weighted by Gasteiger charge is 2.41. The molecule has 0 unspecified atom stereocenters. The third kappa shape index (κ3) is 7.20. The van der Waals surface area contributed by atoms with E-state index in [1.54, 1.807) is 7.11 Å². The van der Waals surface area contributed by atoms with Gasteiger partial charge >= 0.3 is 6.09 Å². The van der Waals surface area contributed by atoms with Crippen LogP contribution in [-0.2, 0) is 20.8 Å². The highest BCUT2D eigenvalue weighted by Crippen LogP contribution is 2.37. The molecular formula is C26H45N5O5. The lowest BCUT2D eigenvalue weighted by Crippen LogP contribution is -2.55. The van der Waals surface area contributed by atoms with E-state index in [0.717, 1.165) is 37.2 Å². The Labute approximate surface area is 215 Å². The normalized spacial score (nSPS) is 23.5. The maximum Gasteiger partial charge on any atom is 0.404 e. The van der Waals surface area contributed by atoms with E-state index in [2.05, 4.69) is 28.3 Å². The molecule has 3 N–H and O–H groups in total. The molecule has 0 bridgehead atoms. The van der Waals surface area contributed by atoms with Crippen LogP contribution in [0.25, 0.3) is 0 Å². The predicted octanol–water partition coefficient (Wildman–Crippen LogP) is 3.28. The number of carboxylic acid groups (broad SMARTS) is 1. The molecule has 0 radical (unpaired) electrons. The molecule has 10 nitrogen and oxygen atoms in total. The van der Waals surface area contributed by atoms with Crippen molar-refractivity contribution in [1.82, 2.24) is 25.1 Å². The summed E-state index contributed by atoms with van der Waals surface area (Å²) in [6, 6.07) is 0.206. The number of carbonyl (C=O) groups is 2. The lowest BCUT2D eigenvalue weighted by molar-refractivity contribution is -0.150. The van der Waals surface area contributed by atoms with Crippen molar-refractivity contribution in [2.75, 3.05) is 33.4 Å². The fraction of sp³-hybridized carbons (Fsp3) is 0.808. The molecule has 2 aliphatic carbocycles. The van der Waals surface area contributed by atoms with Gasteiger partial charge in [-0.2, -0.15) is 0 Å². The van der Waals surface area contributed by atoms with E-state index in [9.17, 15) is 9.59 Å². The second-order valence-corrected chi connectivity index (χ2v) is 10.2. The molecule has 3 fully saturated rings. The van der Waals surface area contributed by atoms with E-state index >= 15 is 0 Å². The summed E-state index contributed by atoms with van der Waals surface area (Å²) < 4.78 is 13.3. The molecule has 2 heterocycles. The van der Waals surface area contributed by atoms with Crippen LogP contribution in [0.15, 0.2) is 6.20 Å². The third-order valence-corrected chi connectivity index (χ3v) is 7.42. The fourth-order valence-corrected chi connectivity index (χ4v) is 5.40. The molecule has 3 atom stereocenters. The van der Waals surface area contributed by atoms with Gasteiger partial charge in [-0.3, -0.25) is 4.79 Å². The first-order valence-corrected chi connectivity index (χ1v) is 13.2. The van der Waals surface area contributed by atoms with Gasteiger partial charge in [0, 0.05) is 44.9 Å². The van der Waals surface area contributed by atoms with Gasteiger partial charge in [-0.1, -0.05) is 26.7 Å². The lowest BCUT2D eigenvalue weighted by atomic mass is 9.88. The van der Waals surface area contributed by atoms with Crippen molar-refractivity contribution in [2.24, 2.45) is 0 Å². The number of amides is 2. The second-order valence-electron chi connectivity index (χ2n) is 10.2. The lowest BCUT2D eigenvalue weighted by Gasteiger charge is -2.35. The first-order chi connectivity index (χ1) is 17.0. The van der Waals surface area contributed by atoms with E-state index in [4.69, 9.17) is 19.6 Å². The van der Waals surface area contributed by atoms with Crippen LogP contribution in [0.1, 0.15) is 89.2 Å². The number of carbonyl (C=O) groups excluding carboxylic acids is 1. The highest BCUT2D eigenvalue weighted by molar-refractivity contribution is 5.82. The fourth-order valence-electron chi connectivity index (χ4n) is 5.40. The van der Waals surface area contributed by atoms with E-state index in [1.807, 2.05) is 4.90 Å². The smallest absolute Gasteiger partial charge is 0.404 e. The Bertz CT molecular complexity index is 844. The number of aryl methyl sites for hydroxylation is 1. The molecule has 2 amide bonds. The van der Waals surface area contributed by atoms with Crippen molar-refractivity contribution in [1.29, 1.82) is 0 Å². The summed E-state index contributed by atoms with van der Waals surface area (Å²) in [5.74, 6) is 1.54. The zero-order valence-corrected chi connectivity index (χ0v) is 21.1. The predicted molar refractivity (Wildman–Crippen MR) is 137 cm³/mol. The van der Waals surface area contributed by atoms with Gasteiger partial charge in [0.25, 0.3) is 5.91 Å². The second kappa shape index (κ2) is 13.4. The van der Waals surface area contributed by atoms with Crippen LogP contribution in [0.5, 0.6) is 0 Å². The van der Waals surface area contributed by atoms with Crippen LogP contribution in [0.3, 0.4) is 0 Å². The SMILES string of the molecule is C.COC[C@H]1CO[C@@H](C(=O)N(C2CC2)[C@H](C)c2cn(CCCNC(=O)O)c(C3CCCCC3)n2)CN1. The Morgan fingerprint density at radius 1 is 1.31 bits per heavy atom. The number of rotatable bonds is 11. The van der Waals surface area contributed by atoms with Gasteiger partial charge in [-0.25, -0.2) is 9.78 Å². The number of aromatic nitrogens is 2. The summed E-state index contributed by atoms with van der Waals surface area (Å²) in [6.07, 6.45) is 9.29. The van der Waals surface area contributed by atoms with Crippen molar-refractivity contribution in [3.8, 4) is 0 Å². The summed E-state index contributed by atoms with van der Waals surface area (Å²) in [6.45, 7) is 4.70. The molecule has 36 heavy (non-hydrogen) atoms. The zero-order valence-electron chi connectivity index (χ0n) is 21.1. The van der Waals surface area contributed by atoms with Gasteiger partial charge in [0.05, 0.1) is 31.0 Å². The number of nitrogens with one attached hydrogen (secondary N) is 2. The monoisotopic (exact) mass is 507 g/mol. The minimum absolute atomic E-state index is 0. The summed E-state index contributed by atoms with van der Waals surface area (Å²) >= 11 is 0. The molecule has 1 saturated heterocycles. The van der Waals surface area contributed by atoms with Crippen LogP contribution in [0.4, 0.5) is 4.79 Å². The Balaban J connectivity index is 0.00000361. The quantitative estimate of drug-likeness (QED) is 0.393. The van der Waals surface area contributed by atoms with Crippen LogP contribution in [0, 0.1) is 0 Å². The molecule has 1 aliphatic heterocycles. The van der Waals surface area contributed by atoms with E-state index in [1.165, 1.54) is 19.3 Å². The van der Waals surface area contributed by atoms with Crippen molar-refractivity contribution in [3.05, 3.63) is 17.7 Å². The zero-order chi connectivity index (χ0) is 24.8. The molecule has 2 saturated carbocycles. The Morgan fingerprint density at radius 3 is 2.67 bits per heavy atom. The number of hydrogen-bond donors (Lipinski definition) is 3. The molecule has 0 aromatic carbocycles. The van der Waals surface area contributed by atoms with E-state index < -0.39 is 12.2 Å². The van der Waals surface area contributed by atoms with E-state index in [-0.39, 0.29) is 31.5 Å². The number of ether oxygens (including phenoxy) is 2. The first kappa shape index (κ1) is 28.4. The number of hydrogen-bond acceptors (Lipinski definition) is 6. The molecule has 204 valence electrons. The molecule has 3 aliphatic rings. The van der Waals surface area contributed by atoms with Crippen molar-refractivity contribution < 1.29 is 24.2 Å². The summed E-state index contributed by atoms with van der Waals surface area (Å²) in [5, 5.41) is 14.7. The standard InChI is InChI=1S/C25H41N5O5.CH4/c1-17(30(20-9-10-20)24(31)22-13-27-19(15-34-2)16-35-22)21-14-29(12-6-11-26-25(32)33)23(28-21)18-7-4-3-5-8-18;/h14,17-20,22,26-27H,3-13,15-16H2,1-2H3,(H,32,33);1H4/t17-,19+,22-;/m1./s1. The third-order valence-electron chi connectivity index (χ3n) is 7.42. The van der Waals surface area contributed by atoms with Crippen molar-refractivity contribution in [3.63, 3.8) is 0 Å². The molecular weight excluding hydrogens is 462 g/mol. The average molecular weight is 508 g/mol. The van der Waals surface area contributed by atoms with Gasteiger partial charge in [0.15, 0.2) is 0 Å². The molecule has 10 heteroatoms. The van der Waals surface area contributed by atoms with Gasteiger partial charge in [0.2, 0.25) is 0 Å². The Hall–Kier alpha value is -2.17. The number of methoxy groups -OCH3 is 1. The van der Waals surface area contributed by atoms with E-state index in [0.29, 0.717) is 45.2 Å². The van der Waals surface area contributed by atoms with Crippen molar-refractivity contribution >= 4 is 12.0 Å². The first-order valence-electron chi connectivity index (χ1n) is 13.2. The van der Waals surface area contributed by atoms with Crippen LogP contribution in [-0.4, -0.2) is 83.2 Å². The average Bonchev–Trinajstić information content (AvgIpc) is 3.60. The van der Waals surface area contributed by atoms with Crippen molar-refractivity contribution in [2.45, 2.75) is 102 Å². The van der Waals surface area contributed by atoms with Gasteiger partial charge in [-0.15, -0.1) is 0 Å². The number of imidazole rings is 1. The Kier molecular flexibility index (Phi) is 10.6. The van der Waals surface area contributed by atoms with Crippen LogP contribution in [0.2, 0.25) is 0 Å².